The maximum Gasteiger partial charge on any atom is 0.416 e. The number of likely N-dealkylation sites (tertiary alicyclic amines) is 1. The van der Waals surface area contributed by atoms with Crippen molar-refractivity contribution in [2.75, 3.05) is 47.9 Å². The molecule has 0 radical (unpaired) electrons. The summed E-state index contributed by atoms with van der Waals surface area (Å²) in [5.41, 5.74) is 0.125. The van der Waals surface area contributed by atoms with Gasteiger partial charge in [-0.05, 0) is 24.5 Å². The van der Waals surface area contributed by atoms with Crippen LogP contribution in [0.1, 0.15) is 24.0 Å². The van der Waals surface area contributed by atoms with Crippen molar-refractivity contribution in [1.29, 1.82) is 0 Å². The monoisotopic (exact) mass is 437 g/mol. The Hall–Kier alpha value is -2.00. The number of rotatable bonds is 5. The van der Waals surface area contributed by atoms with Gasteiger partial charge in [-0.25, -0.2) is 9.97 Å². The van der Waals surface area contributed by atoms with Crippen LogP contribution in [-0.4, -0.2) is 58.6 Å². The maximum absolute atomic E-state index is 12.9. The molecule has 0 unspecified atom stereocenters. The van der Waals surface area contributed by atoms with Crippen molar-refractivity contribution in [3.05, 3.63) is 47.8 Å². The van der Waals surface area contributed by atoms with Gasteiger partial charge in [0.25, 0.3) is 0 Å². The van der Waals surface area contributed by atoms with Gasteiger partial charge in [0, 0.05) is 56.3 Å². The second-order valence-corrected chi connectivity index (χ2v) is 8.98. The standard InChI is InChI=1S/C21H26F3N5S/c22-21(23,24)17-3-1-2-16(12-17)14-28-6-4-18(5-7-28)27-19-13-20(26-15-25-19)29-8-10-30-11-9-29/h1-3,12-13,15,18H,4-11,14H2,(H,25,26,27). The van der Waals surface area contributed by atoms with E-state index < -0.39 is 11.7 Å². The van der Waals surface area contributed by atoms with Gasteiger partial charge in [-0.3, -0.25) is 4.90 Å². The van der Waals surface area contributed by atoms with E-state index in [0.29, 0.717) is 18.2 Å². The predicted molar refractivity (Wildman–Crippen MR) is 115 cm³/mol. The van der Waals surface area contributed by atoms with Crippen LogP contribution >= 0.6 is 11.8 Å². The van der Waals surface area contributed by atoms with E-state index in [4.69, 9.17) is 0 Å². The van der Waals surface area contributed by atoms with Gasteiger partial charge in [-0.1, -0.05) is 18.2 Å². The Morgan fingerprint density at radius 2 is 1.80 bits per heavy atom. The second kappa shape index (κ2) is 9.43. The van der Waals surface area contributed by atoms with Crippen molar-refractivity contribution in [1.82, 2.24) is 14.9 Å². The van der Waals surface area contributed by atoms with Crippen LogP contribution in [0.3, 0.4) is 0 Å². The molecule has 0 bridgehead atoms. The zero-order valence-corrected chi connectivity index (χ0v) is 17.6. The maximum atomic E-state index is 12.9. The zero-order chi connectivity index (χ0) is 21.0. The highest BCUT2D eigenvalue weighted by Gasteiger charge is 2.30. The fourth-order valence-electron chi connectivity index (χ4n) is 3.94. The van der Waals surface area contributed by atoms with Gasteiger partial charge in [0.15, 0.2) is 0 Å². The molecular weight excluding hydrogens is 411 g/mol. The van der Waals surface area contributed by atoms with E-state index in [1.807, 2.05) is 17.8 Å². The molecule has 162 valence electrons. The molecule has 3 heterocycles. The number of nitrogens with zero attached hydrogens (tertiary/aromatic N) is 4. The molecule has 2 aromatic rings. The Bertz CT molecular complexity index is 833. The van der Waals surface area contributed by atoms with E-state index in [0.717, 1.165) is 68.2 Å². The van der Waals surface area contributed by atoms with E-state index in [1.165, 1.54) is 12.1 Å². The first-order valence-corrected chi connectivity index (χ1v) is 11.4. The molecule has 0 saturated carbocycles. The lowest BCUT2D eigenvalue weighted by molar-refractivity contribution is -0.137. The summed E-state index contributed by atoms with van der Waals surface area (Å²) < 4.78 is 38.7. The number of hydrogen-bond donors (Lipinski definition) is 1. The topological polar surface area (TPSA) is 44.3 Å². The molecule has 1 aromatic heterocycles. The molecule has 2 saturated heterocycles. The number of benzene rings is 1. The fraction of sp³-hybridized carbons (Fsp3) is 0.524. The van der Waals surface area contributed by atoms with Crippen LogP contribution < -0.4 is 10.2 Å². The minimum Gasteiger partial charge on any atom is -0.367 e. The summed E-state index contributed by atoms with van der Waals surface area (Å²) in [6, 6.07) is 7.96. The van der Waals surface area contributed by atoms with Crippen LogP contribution in [0.25, 0.3) is 0 Å². The summed E-state index contributed by atoms with van der Waals surface area (Å²) in [5.74, 6) is 4.05. The molecule has 4 rings (SSSR count). The molecule has 30 heavy (non-hydrogen) atoms. The first-order chi connectivity index (χ1) is 14.5. The van der Waals surface area contributed by atoms with Crippen molar-refractivity contribution < 1.29 is 13.2 Å². The summed E-state index contributed by atoms with van der Waals surface area (Å²) in [4.78, 5) is 13.3. The third kappa shape index (κ3) is 5.57. The lowest BCUT2D eigenvalue weighted by Crippen LogP contribution is -2.39. The van der Waals surface area contributed by atoms with Crippen molar-refractivity contribution in [3.8, 4) is 0 Å². The summed E-state index contributed by atoms with van der Waals surface area (Å²) in [5, 5.41) is 3.52. The normalized spacial score (nSPS) is 19.1. The lowest BCUT2D eigenvalue weighted by Gasteiger charge is -2.33. The van der Waals surface area contributed by atoms with Gasteiger partial charge in [-0.15, -0.1) is 0 Å². The van der Waals surface area contributed by atoms with Gasteiger partial charge in [0.05, 0.1) is 5.56 Å². The fourth-order valence-corrected chi connectivity index (χ4v) is 4.84. The van der Waals surface area contributed by atoms with Crippen molar-refractivity contribution in [3.63, 3.8) is 0 Å². The number of anilines is 2. The molecule has 1 N–H and O–H groups in total. The van der Waals surface area contributed by atoms with Crippen LogP contribution in [-0.2, 0) is 12.7 Å². The van der Waals surface area contributed by atoms with Gasteiger partial charge >= 0.3 is 6.18 Å². The Kier molecular flexibility index (Phi) is 6.67. The van der Waals surface area contributed by atoms with Crippen LogP contribution in [0, 0.1) is 0 Å². The zero-order valence-electron chi connectivity index (χ0n) is 16.7. The van der Waals surface area contributed by atoms with E-state index >= 15 is 0 Å². The van der Waals surface area contributed by atoms with Gasteiger partial charge < -0.3 is 10.2 Å². The second-order valence-electron chi connectivity index (χ2n) is 7.75. The molecule has 2 aliphatic rings. The summed E-state index contributed by atoms with van der Waals surface area (Å²) >= 11 is 1.97. The molecule has 0 atom stereocenters. The Morgan fingerprint density at radius 1 is 1.03 bits per heavy atom. The van der Waals surface area contributed by atoms with Gasteiger partial charge in [0.1, 0.15) is 18.0 Å². The number of thioether (sulfide) groups is 1. The molecule has 9 heteroatoms. The van der Waals surface area contributed by atoms with Crippen LogP contribution in [0.15, 0.2) is 36.7 Å². The smallest absolute Gasteiger partial charge is 0.367 e. The van der Waals surface area contributed by atoms with Crippen LogP contribution in [0.4, 0.5) is 24.8 Å². The largest absolute Gasteiger partial charge is 0.416 e. The first-order valence-electron chi connectivity index (χ1n) is 10.3. The highest BCUT2D eigenvalue weighted by molar-refractivity contribution is 7.99. The molecule has 2 aliphatic heterocycles. The van der Waals surface area contributed by atoms with E-state index in [9.17, 15) is 13.2 Å². The lowest BCUT2D eigenvalue weighted by atomic mass is 10.0. The van der Waals surface area contributed by atoms with Crippen LogP contribution in [0.5, 0.6) is 0 Å². The van der Waals surface area contributed by atoms with E-state index in [1.54, 1.807) is 12.4 Å². The summed E-state index contributed by atoms with van der Waals surface area (Å²) in [6.07, 6.45) is -0.824. The minimum atomic E-state index is -4.30. The van der Waals surface area contributed by atoms with Crippen molar-refractivity contribution in [2.45, 2.75) is 31.6 Å². The number of aromatic nitrogens is 2. The third-order valence-corrected chi connectivity index (χ3v) is 6.53. The summed E-state index contributed by atoms with van der Waals surface area (Å²) in [7, 11) is 0. The first kappa shape index (κ1) is 21.2. The Balaban J connectivity index is 1.29. The number of hydrogen-bond acceptors (Lipinski definition) is 6. The molecule has 0 aliphatic carbocycles. The van der Waals surface area contributed by atoms with Crippen molar-refractivity contribution >= 4 is 23.4 Å². The van der Waals surface area contributed by atoms with E-state index in [-0.39, 0.29) is 0 Å². The molecule has 1 aromatic carbocycles. The Labute approximate surface area is 179 Å². The molecular formula is C21H26F3N5S. The van der Waals surface area contributed by atoms with Crippen molar-refractivity contribution in [2.24, 2.45) is 0 Å². The minimum absolute atomic E-state index is 0.308. The average Bonchev–Trinajstić information content (AvgIpc) is 2.76. The number of nitrogens with one attached hydrogen (secondary N) is 1. The molecule has 5 nitrogen and oxygen atoms in total. The quantitative estimate of drug-likeness (QED) is 0.759. The number of alkyl halides is 3. The third-order valence-electron chi connectivity index (χ3n) is 5.59. The molecule has 2 fully saturated rings. The highest BCUT2D eigenvalue weighted by atomic mass is 32.2. The van der Waals surface area contributed by atoms with Gasteiger partial charge in [-0.2, -0.15) is 24.9 Å². The van der Waals surface area contributed by atoms with Gasteiger partial charge in [0.2, 0.25) is 0 Å². The van der Waals surface area contributed by atoms with Crippen LogP contribution in [0.2, 0.25) is 0 Å². The number of halogens is 3. The van der Waals surface area contributed by atoms with E-state index in [2.05, 4.69) is 25.1 Å². The predicted octanol–water partition coefficient (Wildman–Crippen LogP) is 4.13. The summed E-state index contributed by atoms with van der Waals surface area (Å²) in [6.45, 7) is 4.25. The average molecular weight is 438 g/mol. The Morgan fingerprint density at radius 3 is 2.53 bits per heavy atom. The molecule has 0 spiro atoms. The molecule has 0 amide bonds. The highest BCUT2D eigenvalue weighted by Crippen LogP contribution is 2.30. The SMILES string of the molecule is FC(F)(F)c1cccc(CN2CCC(Nc3cc(N4CCSCC4)ncn3)CC2)c1. The number of piperidine rings is 1.